The lowest BCUT2D eigenvalue weighted by molar-refractivity contribution is -0.141. The number of likely N-dealkylation sites (tertiary alicyclic amines) is 2. The number of rotatable bonds is 3. The third-order valence-electron chi connectivity index (χ3n) is 4.51. The molecule has 1 N–H and O–H groups in total. The van der Waals surface area contributed by atoms with Crippen LogP contribution in [0.4, 0.5) is 4.79 Å². The van der Waals surface area contributed by atoms with Crippen molar-refractivity contribution in [2.45, 2.75) is 70.9 Å². The Morgan fingerprint density at radius 2 is 1.72 bits per heavy atom. The van der Waals surface area contributed by atoms with Gasteiger partial charge in [0.05, 0.1) is 6.54 Å². The van der Waals surface area contributed by atoms with E-state index in [1.54, 1.807) is 25.7 Å². The highest BCUT2D eigenvalue weighted by molar-refractivity contribution is 5.89. The SMILES string of the molecule is CC(C)(C)OC(=O)NC1CCCCCN(CC(=O)N2CCCC2)C1=O. The van der Waals surface area contributed by atoms with E-state index in [4.69, 9.17) is 4.74 Å². The topological polar surface area (TPSA) is 79.0 Å². The van der Waals surface area contributed by atoms with Gasteiger partial charge in [-0.05, 0) is 46.5 Å². The van der Waals surface area contributed by atoms with Crippen LogP contribution < -0.4 is 5.32 Å². The number of hydrogen-bond acceptors (Lipinski definition) is 4. The van der Waals surface area contributed by atoms with E-state index < -0.39 is 17.7 Å². The zero-order valence-electron chi connectivity index (χ0n) is 15.7. The first-order chi connectivity index (χ1) is 11.8. The Morgan fingerprint density at radius 1 is 1.08 bits per heavy atom. The minimum Gasteiger partial charge on any atom is -0.444 e. The zero-order chi connectivity index (χ0) is 18.4. The molecule has 2 heterocycles. The molecule has 0 aliphatic carbocycles. The molecule has 7 heteroatoms. The summed E-state index contributed by atoms with van der Waals surface area (Å²) in [6.07, 6.45) is 4.79. The minimum atomic E-state index is -0.624. The van der Waals surface area contributed by atoms with Crippen LogP contribution in [0.15, 0.2) is 0 Å². The summed E-state index contributed by atoms with van der Waals surface area (Å²) in [6.45, 7) is 7.58. The van der Waals surface area contributed by atoms with Gasteiger partial charge in [0.1, 0.15) is 11.6 Å². The minimum absolute atomic E-state index is 0.00226. The first kappa shape index (κ1) is 19.5. The van der Waals surface area contributed by atoms with Gasteiger partial charge < -0.3 is 19.9 Å². The first-order valence-electron chi connectivity index (χ1n) is 9.32. The number of carbonyl (C=O) groups excluding carboxylic acids is 3. The molecule has 2 rings (SSSR count). The maximum Gasteiger partial charge on any atom is 0.408 e. The molecule has 0 spiro atoms. The van der Waals surface area contributed by atoms with Gasteiger partial charge in [-0.25, -0.2) is 4.79 Å². The molecular formula is C18H31N3O4. The third-order valence-corrected chi connectivity index (χ3v) is 4.51. The lowest BCUT2D eigenvalue weighted by Gasteiger charge is -2.31. The molecule has 2 aliphatic rings. The molecule has 1 unspecified atom stereocenters. The second-order valence-electron chi connectivity index (χ2n) is 7.90. The predicted molar refractivity (Wildman–Crippen MR) is 94.0 cm³/mol. The summed E-state index contributed by atoms with van der Waals surface area (Å²) < 4.78 is 5.26. The van der Waals surface area contributed by atoms with Gasteiger partial charge in [-0.1, -0.05) is 12.8 Å². The smallest absolute Gasteiger partial charge is 0.408 e. The Labute approximate surface area is 150 Å². The Bertz CT molecular complexity index is 495. The van der Waals surface area contributed by atoms with E-state index >= 15 is 0 Å². The highest BCUT2D eigenvalue weighted by Crippen LogP contribution is 2.15. The Kier molecular flexibility index (Phi) is 6.67. The fourth-order valence-electron chi connectivity index (χ4n) is 3.25. The van der Waals surface area contributed by atoms with E-state index in [2.05, 4.69) is 5.32 Å². The molecule has 2 aliphatic heterocycles. The molecule has 2 fully saturated rings. The fourth-order valence-corrected chi connectivity index (χ4v) is 3.25. The van der Waals surface area contributed by atoms with Crippen molar-refractivity contribution in [2.24, 2.45) is 0 Å². The average Bonchev–Trinajstić information content (AvgIpc) is 3.02. The van der Waals surface area contributed by atoms with Crippen LogP contribution in [-0.4, -0.2) is 65.5 Å². The zero-order valence-corrected chi connectivity index (χ0v) is 15.7. The number of hydrogen-bond donors (Lipinski definition) is 1. The fraction of sp³-hybridized carbons (Fsp3) is 0.833. The highest BCUT2D eigenvalue weighted by atomic mass is 16.6. The van der Waals surface area contributed by atoms with Gasteiger partial charge in [0.15, 0.2) is 0 Å². The molecule has 3 amide bonds. The van der Waals surface area contributed by atoms with Crippen molar-refractivity contribution in [1.29, 1.82) is 0 Å². The molecule has 7 nitrogen and oxygen atoms in total. The summed E-state index contributed by atoms with van der Waals surface area (Å²) in [5.41, 5.74) is -0.611. The van der Waals surface area contributed by atoms with Gasteiger partial charge in [0.2, 0.25) is 11.8 Å². The van der Waals surface area contributed by atoms with Crippen LogP contribution in [0.25, 0.3) is 0 Å². The summed E-state index contributed by atoms with van der Waals surface area (Å²) in [5, 5.41) is 2.69. The van der Waals surface area contributed by atoms with Crippen molar-refractivity contribution in [3.63, 3.8) is 0 Å². The van der Waals surface area contributed by atoms with Crippen molar-refractivity contribution < 1.29 is 19.1 Å². The van der Waals surface area contributed by atoms with E-state index in [-0.39, 0.29) is 18.4 Å². The average molecular weight is 353 g/mol. The lowest BCUT2D eigenvalue weighted by Crippen LogP contribution is -2.52. The molecule has 0 radical (unpaired) electrons. The molecule has 0 aromatic carbocycles. The summed E-state index contributed by atoms with van der Waals surface area (Å²) in [6, 6.07) is -0.624. The first-order valence-corrected chi connectivity index (χ1v) is 9.32. The van der Waals surface area contributed by atoms with Crippen molar-refractivity contribution in [3.05, 3.63) is 0 Å². The summed E-state index contributed by atoms with van der Waals surface area (Å²) >= 11 is 0. The van der Waals surface area contributed by atoms with E-state index in [1.165, 1.54) is 0 Å². The van der Waals surface area contributed by atoms with E-state index in [9.17, 15) is 14.4 Å². The quantitative estimate of drug-likeness (QED) is 0.840. The van der Waals surface area contributed by atoms with E-state index in [0.717, 1.165) is 45.2 Å². The Hall–Kier alpha value is -1.79. The number of nitrogens with zero attached hydrogens (tertiary/aromatic N) is 2. The molecule has 0 saturated carbocycles. The molecule has 1 atom stereocenters. The number of nitrogens with one attached hydrogen (secondary N) is 1. The number of amides is 3. The van der Waals surface area contributed by atoms with Gasteiger partial charge in [-0.15, -0.1) is 0 Å². The van der Waals surface area contributed by atoms with Gasteiger partial charge >= 0.3 is 6.09 Å². The Balaban J connectivity index is 1.97. The van der Waals surface area contributed by atoms with Crippen LogP contribution in [0.3, 0.4) is 0 Å². The molecule has 142 valence electrons. The molecule has 25 heavy (non-hydrogen) atoms. The van der Waals surface area contributed by atoms with Crippen LogP contribution in [0.1, 0.15) is 59.3 Å². The monoisotopic (exact) mass is 353 g/mol. The van der Waals surface area contributed by atoms with Gasteiger partial charge in [0.25, 0.3) is 0 Å². The summed E-state index contributed by atoms with van der Waals surface area (Å²) in [5.74, 6) is -0.180. The third kappa shape index (κ3) is 6.21. The standard InChI is InChI=1S/C18H31N3O4/c1-18(2,3)25-17(24)19-14-9-5-4-6-12-21(16(14)23)13-15(22)20-10-7-8-11-20/h14H,4-13H2,1-3H3,(H,19,24). The van der Waals surface area contributed by atoms with E-state index in [0.29, 0.717) is 13.0 Å². The molecule has 0 bridgehead atoms. The molecule has 0 aromatic rings. The largest absolute Gasteiger partial charge is 0.444 e. The second kappa shape index (κ2) is 8.54. The number of carbonyl (C=O) groups is 3. The van der Waals surface area contributed by atoms with Gasteiger partial charge in [-0.3, -0.25) is 9.59 Å². The number of alkyl carbamates (subject to hydrolysis) is 1. The van der Waals surface area contributed by atoms with E-state index in [1.807, 2.05) is 4.90 Å². The Morgan fingerprint density at radius 3 is 2.36 bits per heavy atom. The van der Waals surface area contributed by atoms with Gasteiger partial charge in [0, 0.05) is 19.6 Å². The van der Waals surface area contributed by atoms with Crippen molar-refractivity contribution in [3.8, 4) is 0 Å². The summed E-state index contributed by atoms with van der Waals surface area (Å²) in [7, 11) is 0. The van der Waals surface area contributed by atoms with Crippen molar-refractivity contribution in [1.82, 2.24) is 15.1 Å². The maximum atomic E-state index is 12.8. The molecule has 0 aromatic heterocycles. The van der Waals surface area contributed by atoms with Crippen LogP contribution in [0.2, 0.25) is 0 Å². The van der Waals surface area contributed by atoms with Gasteiger partial charge in [-0.2, -0.15) is 0 Å². The molecule has 2 saturated heterocycles. The lowest BCUT2D eigenvalue weighted by atomic mass is 10.0. The van der Waals surface area contributed by atoms with Crippen molar-refractivity contribution in [2.75, 3.05) is 26.2 Å². The predicted octanol–water partition coefficient (Wildman–Crippen LogP) is 1.90. The van der Waals surface area contributed by atoms with Crippen molar-refractivity contribution >= 4 is 17.9 Å². The van der Waals surface area contributed by atoms with Crippen LogP contribution >= 0.6 is 0 Å². The highest BCUT2D eigenvalue weighted by Gasteiger charge is 2.31. The van der Waals surface area contributed by atoms with Crippen LogP contribution in [0, 0.1) is 0 Å². The second-order valence-corrected chi connectivity index (χ2v) is 7.90. The number of ether oxygens (including phenoxy) is 1. The molecular weight excluding hydrogens is 322 g/mol. The summed E-state index contributed by atoms with van der Waals surface area (Å²) in [4.78, 5) is 40.7. The normalized spacial score (nSPS) is 22.4. The van der Waals surface area contributed by atoms with Crippen LogP contribution in [-0.2, 0) is 14.3 Å². The van der Waals surface area contributed by atoms with Crippen LogP contribution in [0.5, 0.6) is 0 Å². The maximum absolute atomic E-state index is 12.8.